The van der Waals surface area contributed by atoms with Gasteiger partial charge in [0.15, 0.2) is 5.13 Å². The third-order valence-corrected chi connectivity index (χ3v) is 2.57. The highest BCUT2D eigenvalue weighted by Crippen LogP contribution is 2.16. The summed E-state index contributed by atoms with van der Waals surface area (Å²) in [5.41, 5.74) is 5.26. The van der Waals surface area contributed by atoms with Crippen LogP contribution in [0.5, 0.6) is 0 Å². The highest BCUT2D eigenvalue weighted by molar-refractivity contribution is 7.16. The predicted octanol–water partition coefficient (Wildman–Crippen LogP) is 0.818. The van der Waals surface area contributed by atoms with E-state index in [1.165, 1.54) is 11.3 Å². The van der Waals surface area contributed by atoms with Crippen molar-refractivity contribution in [3.8, 4) is 11.8 Å². The molecule has 3 N–H and O–H groups in total. The van der Waals surface area contributed by atoms with Crippen LogP contribution in [0.4, 0.5) is 5.13 Å². The summed E-state index contributed by atoms with van der Waals surface area (Å²) >= 11 is 1.33. The summed E-state index contributed by atoms with van der Waals surface area (Å²) < 4.78 is 5.09. The molecular weight excluding hydrogens is 238 g/mol. The fraction of sp³-hybridized carbons (Fsp3) is 0.455. The van der Waals surface area contributed by atoms with E-state index in [1.807, 2.05) is 6.92 Å². The van der Waals surface area contributed by atoms with Crippen LogP contribution in [0.3, 0.4) is 0 Å². The highest BCUT2D eigenvalue weighted by atomic mass is 32.1. The van der Waals surface area contributed by atoms with Crippen LogP contribution in [0, 0.1) is 11.8 Å². The van der Waals surface area contributed by atoms with Gasteiger partial charge in [0, 0.05) is 6.61 Å². The summed E-state index contributed by atoms with van der Waals surface area (Å²) in [4.78, 5) is 16.3. The van der Waals surface area contributed by atoms with Crippen molar-refractivity contribution in [1.29, 1.82) is 0 Å². The lowest BCUT2D eigenvalue weighted by Crippen LogP contribution is -2.13. The zero-order chi connectivity index (χ0) is 12.5. The van der Waals surface area contributed by atoms with Crippen molar-refractivity contribution in [1.82, 2.24) is 4.98 Å². The van der Waals surface area contributed by atoms with Crippen molar-refractivity contribution in [2.45, 2.75) is 13.3 Å². The van der Waals surface area contributed by atoms with Gasteiger partial charge in [-0.2, -0.15) is 0 Å². The summed E-state index contributed by atoms with van der Waals surface area (Å²) in [6, 6.07) is 0. The van der Waals surface area contributed by atoms with E-state index in [1.54, 1.807) is 6.20 Å². The molecule has 0 saturated carbocycles. The van der Waals surface area contributed by atoms with Crippen LogP contribution in [-0.4, -0.2) is 30.6 Å². The molecule has 0 saturated heterocycles. The lowest BCUT2D eigenvalue weighted by molar-refractivity contribution is -0.117. The van der Waals surface area contributed by atoms with Gasteiger partial charge in [-0.25, -0.2) is 4.98 Å². The second kappa shape index (κ2) is 7.79. The van der Waals surface area contributed by atoms with Gasteiger partial charge in [0.25, 0.3) is 0 Å². The molecule has 17 heavy (non-hydrogen) atoms. The van der Waals surface area contributed by atoms with Gasteiger partial charge in [0.05, 0.1) is 30.6 Å². The molecule has 0 atom stereocenters. The number of hydrogen-bond acceptors (Lipinski definition) is 5. The van der Waals surface area contributed by atoms with E-state index in [2.05, 4.69) is 22.1 Å². The minimum absolute atomic E-state index is 0.105. The van der Waals surface area contributed by atoms with Crippen LogP contribution < -0.4 is 11.1 Å². The van der Waals surface area contributed by atoms with Crippen molar-refractivity contribution in [2.24, 2.45) is 5.73 Å². The molecule has 1 aromatic rings. The Morgan fingerprint density at radius 3 is 3.24 bits per heavy atom. The Bertz CT molecular complexity index is 420. The first-order chi connectivity index (χ1) is 8.26. The Labute approximate surface area is 104 Å². The van der Waals surface area contributed by atoms with Gasteiger partial charge in [-0.05, 0) is 6.92 Å². The Morgan fingerprint density at radius 2 is 2.53 bits per heavy atom. The van der Waals surface area contributed by atoms with Gasteiger partial charge in [-0.15, -0.1) is 0 Å². The summed E-state index contributed by atoms with van der Waals surface area (Å²) in [7, 11) is 0. The zero-order valence-electron chi connectivity index (χ0n) is 9.66. The molecule has 0 aromatic carbocycles. The van der Waals surface area contributed by atoms with Crippen LogP contribution in [0.1, 0.15) is 18.2 Å². The monoisotopic (exact) mass is 253 g/mol. The van der Waals surface area contributed by atoms with E-state index < -0.39 is 0 Å². The van der Waals surface area contributed by atoms with Crippen LogP contribution in [-0.2, 0) is 9.53 Å². The average Bonchev–Trinajstić information content (AvgIpc) is 2.74. The number of anilines is 1. The third kappa shape index (κ3) is 5.45. The largest absolute Gasteiger partial charge is 0.381 e. The van der Waals surface area contributed by atoms with Crippen LogP contribution in [0.2, 0.25) is 0 Å². The number of rotatable bonds is 5. The van der Waals surface area contributed by atoms with Crippen LogP contribution in [0.15, 0.2) is 6.20 Å². The topological polar surface area (TPSA) is 77.2 Å². The number of carbonyl (C=O) groups is 1. The van der Waals surface area contributed by atoms with E-state index in [9.17, 15) is 4.79 Å². The zero-order valence-corrected chi connectivity index (χ0v) is 10.5. The van der Waals surface area contributed by atoms with E-state index in [0.29, 0.717) is 31.3 Å². The number of ether oxygens (including phenoxy) is 1. The van der Waals surface area contributed by atoms with Crippen molar-refractivity contribution in [2.75, 3.05) is 25.1 Å². The van der Waals surface area contributed by atoms with Crippen molar-refractivity contribution in [3.05, 3.63) is 11.1 Å². The number of aromatic nitrogens is 1. The predicted molar refractivity (Wildman–Crippen MR) is 67.8 cm³/mol. The molecule has 0 unspecified atom stereocenters. The first kappa shape index (κ1) is 13.6. The maximum atomic E-state index is 11.4. The average molecular weight is 253 g/mol. The number of hydrogen-bond donors (Lipinski definition) is 2. The number of nitrogens with two attached hydrogens (primary N) is 1. The number of amides is 1. The Hall–Kier alpha value is -1.42. The smallest absolute Gasteiger partial charge is 0.228 e. The van der Waals surface area contributed by atoms with E-state index in [-0.39, 0.29) is 5.91 Å². The Balaban J connectivity index is 2.40. The molecule has 0 radical (unpaired) electrons. The fourth-order valence-electron chi connectivity index (χ4n) is 1.02. The normalized spacial score (nSPS) is 9.53. The van der Waals surface area contributed by atoms with Gasteiger partial charge in [0.2, 0.25) is 5.91 Å². The molecule has 1 aromatic heterocycles. The van der Waals surface area contributed by atoms with Gasteiger partial charge in [0.1, 0.15) is 0 Å². The first-order valence-corrected chi connectivity index (χ1v) is 6.10. The number of thiazole rings is 1. The Kier molecular flexibility index (Phi) is 6.25. The molecule has 5 nitrogen and oxygen atoms in total. The second-order valence-corrected chi connectivity index (χ2v) is 4.06. The van der Waals surface area contributed by atoms with Crippen molar-refractivity contribution < 1.29 is 9.53 Å². The molecule has 0 aliphatic rings. The maximum absolute atomic E-state index is 11.4. The van der Waals surface area contributed by atoms with Gasteiger partial charge < -0.3 is 15.8 Å². The van der Waals surface area contributed by atoms with Gasteiger partial charge in [-0.3, -0.25) is 4.79 Å². The summed E-state index contributed by atoms with van der Waals surface area (Å²) in [6.07, 6.45) is 1.95. The third-order valence-electron chi connectivity index (χ3n) is 1.74. The van der Waals surface area contributed by atoms with Gasteiger partial charge in [-0.1, -0.05) is 23.2 Å². The minimum Gasteiger partial charge on any atom is -0.381 e. The summed E-state index contributed by atoms with van der Waals surface area (Å²) in [5, 5.41) is 3.24. The molecule has 0 spiro atoms. The van der Waals surface area contributed by atoms with E-state index >= 15 is 0 Å². The number of nitrogens with zero attached hydrogens (tertiary/aromatic N) is 1. The van der Waals surface area contributed by atoms with Gasteiger partial charge >= 0.3 is 0 Å². The second-order valence-electron chi connectivity index (χ2n) is 3.03. The highest BCUT2D eigenvalue weighted by Gasteiger charge is 2.05. The number of carbonyl (C=O) groups excluding carboxylic acids is 1. The fourth-order valence-corrected chi connectivity index (χ4v) is 1.73. The molecule has 0 aliphatic heterocycles. The molecule has 1 rings (SSSR count). The lowest BCUT2D eigenvalue weighted by atomic mass is 10.4. The maximum Gasteiger partial charge on any atom is 0.228 e. The number of nitrogens with one attached hydrogen (secondary N) is 1. The molecule has 0 bridgehead atoms. The quantitative estimate of drug-likeness (QED) is 0.601. The molecule has 0 fully saturated rings. The summed E-state index contributed by atoms with van der Waals surface area (Å²) in [6.45, 7) is 3.24. The molecular formula is C11H15N3O2S. The molecule has 1 amide bonds. The SMILES string of the molecule is CCOCCC(=O)Nc1ncc(C#CCN)s1. The minimum atomic E-state index is -0.105. The lowest BCUT2D eigenvalue weighted by Gasteiger charge is -2.01. The van der Waals surface area contributed by atoms with Crippen molar-refractivity contribution >= 4 is 22.4 Å². The van der Waals surface area contributed by atoms with Crippen LogP contribution >= 0.6 is 11.3 Å². The summed E-state index contributed by atoms with van der Waals surface area (Å²) in [5.74, 6) is 5.48. The Morgan fingerprint density at radius 1 is 1.71 bits per heavy atom. The molecule has 92 valence electrons. The molecule has 6 heteroatoms. The van der Waals surface area contributed by atoms with E-state index in [0.717, 1.165) is 4.88 Å². The molecule has 1 heterocycles. The molecule has 0 aliphatic carbocycles. The van der Waals surface area contributed by atoms with E-state index in [4.69, 9.17) is 10.5 Å². The standard InChI is InChI=1S/C11H15N3O2S/c1-2-16-7-5-10(15)14-11-13-8-9(17-11)4-3-6-12/h8H,2,5-7,12H2,1H3,(H,13,14,15). The first-order valence-electron chi connectivity index (χ1n) is 5.28. The van der Waals surface area contributed by atoms with Crippen molar-refractivity contribution in [3.63, 3.8) is 0 Å². The van der Waals surface area contributed by atoms with Crippen LogP contribution in [0.25, 0.3) is 0 Å².